The lowest BCUT2D eigenvalue weighted by molar-refractivity contribution is -0.137. The summed E-state index contributed by atoms with van der Waals surface area (Å²) in [5.41, 5.74) is 0. The van der Waals surface area contributed by atoms with Crippen LogP contribution in [0.15, 0.2) is 18.3 Å². The van der Waals surface area contributed by atoms with Gasteiger partial charge in [-0.05, 0) is 12.1 Å². The highest BCUT2D eigenvalue weighted by Crippen LogP contribution is 2.23. The third kappa shape index (κ3) is 2.21. The molecule has 15 heavy (non-hydrogen) atoms. The lowest BCUT2D eigenvalue weighted by Crippen LogP contribution is -2.55. The minimum absolute atomic E-state index is 0.0151. The largest absolute Gasteiger partial charge is 0.470 e. The predicted octanol–water partition coefficient (Wildman–Crippen LogP) is 1.34. The molecular weight excluding hydrogens is 216 g/mol. The van der Waals surface area contributed by atoms with E-state index in [2.05, 4.69) is 4.98 Å². The van der Waals surface area contributed by atoms with E-state index in [9.17, 15) is 4.79 Å². The summed E-state index contributed by atoms with van der Waals surface area (Å²) in [5.74, 6) is 0.509. The molecular formula is C10H11ClN2O2. The molecule has 5 heteroatoms. The predicted molar refractivity (Wildman–Crippen MR) is 55.9 cm³/mol. The Morgan fingerprint density at radius 2 is 2.40 bits per heavy atom. The van der Waals surface area contributed by atoms with Gasteiger partial charge in [0.05, 0.1) is 13.1 Å². The molecule has 2 heterocycles. The van der Waals surface area contributed by atoms with Gasteiger partial charge in [0.1, 0.15) is 11.1 Å². The Morgan fingerprint density at radius 3 is 3.00 bits per heavy atom. The third-order valence-corrected chi connectivity index (χ3v) is 2.58. The Hall–Kier alpha value is -1.29. The topological polar surface area (TPSA) is 42.4 Å². The Kier molecular flexibility index (Phi) is 2.77. The first kappa shape index (κ1) is 10.2. The van der Waals surface area contributed by atoms with Crippen LogP contribution in [0, 0.1) is 0 Å². The molecule has 0 aromatic carbocycles. The molecule has 80 valence electrons. The van der Waals surface area contributed by atoms with Gasteiger partial charge in [-0.25, -0.2) is 4.98 Å². The zero-order valence-electron chi connectivity index (χ0n) is 8.31. The summed E-state index contributed by atoms with van der Waals surface area (Å²) in [7, 11) is 0. The van der Waals surface area contributed by atoms with E-state index < -0.39 is 0 Å². The van der Waals surface area contributed by atoms with Gasteiger partial charge in [-0.15, -0.1) is 0 Å². The second-order valence-electron chi connectivity index (χ2n) is 3.45. The van der Waals surface area contributed by atoms with Crippen LogP contribution in [-0.4, -0.2) is 35.0 Å². The lowest BCUT2D eigenvalue weighted by atomic mass is 10.2. The van der Waals surface area contributed by atoms with Gasteiger partial charge in [0.25, 0.3) is 0 Å². The molecule has 2 rings (SSSR count). The molecule has 0 unspecified atom stereocenters. The van der Waals surface area contributed by atoms with Gasteiger partial charge in [0, 0.05) is 13.1 Å². The highest BCUT2D eigenvalue weighted by molar-refractivity contribution is 6.31. The van der Waals surface area contributed by atoms with Gasteiger partial charge in [-0.3, -0.25) is 4.79 Å². The summed E-state index contributed by atoms with van der Waals surface area (Å²) in [6.45, 7) is 2.77. The Balaban J connectivity index is 1.90. The maximum absolute atomic E-state index is 10.9. The molecule has 1 saturated heterocycles. The Labute approximate surface area is 92.8 Å². The fourth-order valence-electron chi connectivity index (χ4n) is 1.39. The summed E-state index contributed by atoms with van der Waals surface area (Å²) >= 11 is 5.88. The summed E-state index contributed by atoms with van der Waals surface area (Å²) in [4.78, 5) is 16.6. The van der Waals surface area contributed by atoms with Crippen molar-refractivity contribution in [2.75, 3.05) is 13.1 Å². The minimum Gasteiger partial charge on any atom is -0.470 e. The van der Waals surface area contributed by atoms with Crippen LogP contribution in [-0.2, 0) is 4.79 Å². The van der Waals surface area contributed by atoms with Crippen molar-refractivity contribution in [3.8, 4) is 5.88 Å². The van der Waals surface area contributed by atoms with Crippen molar-refractivity contribution in [1.82, 2.24) is 9.88 Å². The molecule has 0 N–H and O–H groups in total. The van der Waals surface area contributed by atoms with Crippen LogP contribution in [0.5, 0.6) is 5.88 Å². The molecule has 1 amide bonds. The molecule has 0 aliphatic carbocycles. The number of rotatable bonds is 2. The lowest BCUT2D eigenvalue weighted by Gasteiger charge is -2.38. The van der Waals surface area contributed by atoms with Crippen LogP contribution >= 0.6 is 11.6 Å². The third-order valence-electron chi connectivity index (χ3n) is 2.30. The fraction of sp³-hybridized carbons (Fsp3) is 0.400. The standard InChI is InChI=1S/C10H11ClN2O2/c1-7(14)13-5-8(6-13)15-10-9(11)3-2-4-12-10/h2-4,8H,5-6H2,1H3. The number of amides is 1. The Morgan fingerprint density at radius 1 is 1.67 bits per heavy atom. The normalized spacial score (nSPS) is 16.0. The van der Waals surface area contributed by atoms with Crippen molar-refractivity contribution in [1.29, 1.82) is 0 Å². The van der Waals surface area contributed by atoms with Gasteiger partial charge in [-0.1, -0.05) is 11.6 Å². The monoisotopic (exact) mass is 226 g/mol. The highest BCUT2D eigenvalue weighted by atomic mass is 35.5. The van der Waals surface area contributed by atoms with E-state index in [1.54, 1.807) is 30.2 Å². The number of carbonyl (C=O) groups is 1. The second kappa shape index (κ2) is 4.06. The molecule has 1 aliphatic rings. The van der Waals surface area contributed by atoms with Gasteiger partial charge in [0.15, 0.2) is 0 Å². The van der Waals surface area contributed by atoms with E-state index in [0.29, 0.717) is 24.0 Å². The number of nitrogens with zero attached hydrogens (tertiary/aromatic N) is 2. The number of aromatic nitrogens is 1. The molecule has 0 bridgehead atoms. The summed E-state index contributed by atoms with van der Waals surface area (Å²) in [5, 5.41) is 0.499. The zero-order chi connectivity index (χ0) is 10.8. The number of pyridine rings is 1. The minimum atomic E-state index is 0.0151. The summed E-state index contributed by atoms with van der Waals surface area (Å²) < 4.78 is 5.52. The van der Waals surface area contributed by atoms with E-state index in [4.69, 9.17) is 16.3 Å². The van der Waals surface area contributed by atoms with E-state index in [1.807, 2.05) is 0 Å². The smallest absolute Gasteiger partial charge is 0.232 e. The molecule has 4 nitrogen and oxygen atoms in total. The van der Waals surface area contributed by atoms with Gasteiger partial charge < -0.3 is 9.64 Å². The summed E-state index contributed by atoms with van der Waals surface area (Å²) in [6.07, 6.45) is 1.64. The summed E-state index contributed by atoms with van der Waals surface area (Å²) in [6, 6.07) is 3.48. The van der Waals surface area contributed by atoms with Crippen LogP contribution in [0.4, 0.5) is 0 Å². The fourth-order valence-corrected chi connectivity index (χ4v) is 1.55. The van der Waals surface area contributed by atoms with Crippen molar-refractivity contribution in [3.63, 3.8) is 0 Å². The maximum atomic E-state index is 10.9. The van der Waals surface area contributed by atoms with Crippen molar-refractivity contribution in [2.45, 2.75) is 13.0 Å². The SMILES string of the molecule is CC(=O)N1CC(Oc2ncccc2Cl)C1. The molecule has 0 radical (unpaired) electrons. The maximum Gasteiger partial charge on any atom is 0.232 e. The highest BCUT2D eigenvalue weighted by Gasteiger charge is 2.30. The van der Waals surface area contributed by atoms with Gasteiger partial charge in [0.2, 0.25) is 11.8 Å². The molecule has 0 atom stereocenters. The molecule has 1 aromatic heterocycles. The molecule has 1 aliphatic heterocycles. The number of ether oxygens (including phenoxy) is 1. The quantitative estimate of drug-likeness (QED) is 0.765. The molecule has 0 spiro atoms. The van der Waals surface area contributed by atoms with Crippen molar-refractivity contribution >= 4 is 17.5 Å². The zero-order valence-corrected chi connectivity index (χ0v) is 9.07. The van der Waals surface area contributed by atoms with Crippen molar-refractivity contribution in [3.05, 3.63) is 23.4 Å². The number of hydrogen-bond acceptors (Lipinski definition) is 3. The van der Waals surface area contributed by atoms with Crippen LogP contribution in [0.2, 0.25) is 5.02 Å². The average molecular weight is 227 g/mol. The molecule has 1 fully saturated rings. The molecule has 0 saturated carbocycles. The van der Waals surface area contributed by atoms with E-state index in [-0.39, 0.29) is 12.0 Å². The van der Waals surface area contributed by atoms with Crippen LogP contribution in [0.3, 0.4) is 0 Å². The van der Waals surface area contributed by atoms with Crippen LogP contribution in [0.25, 0.3) is 0 Å². The number of hydrogen-bond donors (Lipinski definition) is 0. The first-order valence-corrected chi connectivity index (χ1v) is 5.07. The molecule has 1 aromatic rings. The van der Waals surface area contributed by atoms with E-state index in [0.717, 1.165) is 0 Å². The second-order valence-corrected chi connectivity index (χ2v) is 3.86. The first-order chi connectivity index (χ1) is 7.16. The number of carbonyl (C=O) groups excluding carboxylic acids is 1. The van der Waals surface area contributed by atoms with Gasteiger partial charge >= 0.3 is 0 Å². The number of likely N-dealkylation sites (tertiary alicyclic amines) is 1. The van der Waals surface area contributed by atoms with Crippen molar-refractivity contribution < 1.29 is 9.53 Å². The van der Waals surface area contributed by atoms with Gasteiger partial charge in [-0.2, -0.15) is 0 Å². The van der Waals surface area contributed by atoms with E-state index >= 15 is 0 Å². The Bertz CT molecular complexity index is 377. The van der Waals surface area contributed by atoms with Crippen LogP contribution < -0.4 is 4.74 Å². The van der Waals surface area contributed by atoms with E-state index in [1.165, 1.54) is 0 Å². The van der Waals surface area contributed by atoms with Crippen LogP contribution in [0.1, 0.15) is 6.92 Å². The average Bonchev–Trinajstić information content (AvgIpc) is 2.12. The number of halogens is 1. The van der Waals surface area contributed by atoms with Crippen molar-refractivity contribution in [2.24, 2.45) is 0 Å². The first-order valence-electron chi connectivity index (χ1n) is 4.69.